The van der Waals surface area contributed by atoms with Crippen molar-refractivity contribution in [3.05, 3.63) is 11.9 Å². The van der Waals surface area contributed by atoms with Crippen molar-refractivity contribution in [1.82, 2.24) is 19.8 Å². The van der Waals surface area contributed by atoms with Crippen LogP contribution < -0.4 is 9.47 Å². The molecular formula is C17H24N4O5. The van der Waals surface area contributed by atoms with E-state index in [1.54, 1.807) is 9.80 Å². The molecule has 0 spiro atoms. The van der Waals surface area contributed by atoms with Gasteiger partial charge >= 0.3 is 0 Å². The molecule has 142 valence electrons. The van der Waals surface area contributed by atoms with E-state index < -0.39 is 5.60 Å². The summed E-state index contributed by atoms with van der Waals surface area (Å²) < 4.78 is 10.1. The van der Waals surface area contributed by atoms with Crippen molar-refractivity contribution in [2.75, 3.05) is 40.4 Å². The van der Waals surface area contributed by atoms with E-state index in [1.165, 1.54) is 27.3 Å². The fraction of sp³-hybridized carbons (Fsp3) is 0.647. The van der Waals surface area contributed by atoms with Gasteiger partial charge in [0.2, 0.25) is 5.91 Å². The highest BCUT2D eigenvalue weighted by atomic mass is 16.5. The maximum absolute atomic E-state index is 12.8. The van der Waals surface area contributed by atoms with E-state index in [-0.39, 0.29) is 35.2 Å². The Kier molecular flexibility index (Phi) is 4.99. The summed E-state index contributed by atoms with van der Waals surface area (Å²) in [4.78, 5) is 36.1. The summed E-state index contributed by atoms with van der Waals surface area (Å²) in [5.74, 6) is -0.110. The quantitative estimate of drug-likeness (QED) is 0.801. The molecule has 9 heteroatoms. The standard InChI is InChI=1S/C17H24N4O5/c1-11(22)20-6-4-17(24)5-7-21(10-12(17)9-20)16(23)13-8-18-14(25-2)15(19-13)26-3/h8,12,24H,4-7,9-10H2,1-3H3/t12-,17-/m0/s1. The highest BCUT2D eigenvalue weighted by molar-refractivity contribution is 5.92. The molecule has 2 aliphatic rings. The molecule has 1 aromatic rings. The van der Waals surface area contributed by atoms with Crippen LogP contribution in [0.25, 0.3) is 0 Å². The molecule has 3 rings (SSSR count). The normalized spacial score (nSPS) is 25.5. The number of hydrogen-bond donors (Lipinski definition) is 1. The summed E-state index contributed by atoms with van der Waals surface area (Å²) in [5, 5.41) is 10.9. The van der Waals surface area contributed by atoms with Gasteiger partial charge in [0.15, 0.2) is 5.69 Å². The fourth-order valence-electron chi connectivity index (χ4n) is 3.67. The molecule has 1 aromatic heterocycles. The van der Waals surface area contributed by atoms with Crippen molar-refractivity contribution < 1.29 is 24.2 Å². The molecule has 2 atom stereocenters. The van der Waals surface area contributed by atoms with Crippen LogP contribution in [-0.4, -0.2) is 82.7 Å². The van der Waals surface area contributed by atoms with Crippen molar-refractivity contribution in [3.63, 3.8) is 0 Å². The first kappa shape index (κ1) is 18.4. The second-order valence-corrected chi connectivity index (χ2v) is 6.79. The minimum absolute atomic E-state index is 0.0127. The van der Waals surface area contributed by atoms with Crippen molar-refractivity contribution in [2.24, 2.45) is 5.92 Å². The third-order valence-corrected chi connectivity index (χ3v) is 5.32. The largest absolute Gasteiger partial charge is 0.477 e. The molecule has 1 N–H and O–H groups in total. The van der Waals surface area contributed by atoms with E-state index in [4.69, 9.17) is 9.47 Å². The number of methoxy groups -OCH3 is 2. The SMILES string of the molecule is COc1ncc(C(=O)N2CC[C@@]3(O)CCN(C(C)=O)C[C@H]3C2)nc1OC. The summed E-state index contributed by atoms with van der Waals surface area (Å²) >= 11 is 0. The highest BCUT2D eigenvalue weighted by Crippen LogP contribution is 2.36. The summed E-state index contributed by atoms with van der Waals surface area (Å²) in [7, 11) is 2.88. The number of aliphatic hydroxyl groups is 1. The number of amides is 2. The summed E-state index contributed by atoms with van der Waals surface area (Å²) in [6.45, 7) is 3.33. The molecule has 26 heavy (non-hydrogen) atoms. The number of ether oxygens (including phenoxy) is 2. The van der Waals surface area contributed by atoms with E-state index in [2.05, 4.69) is 9.97 Å². The predicted octanol–water partition coefficient (Wildman–Crippen LogP) is -0.0608. The predicted molar refractivity (Wildman–Crippen MR) is 91.0 cm³/mol. The molecular weight excluding hydrogens is 340 g/mol. The van der Waals surface area contributed by atoms with Gasteiger partial charge in [0, 0.05) is 39.0 Å². The van der Waals surface area contributed by atoms with Crippen LogP contribution in [0.2, 0.25) is 0 Å². The smallest absolute Gasteiger partial charge is 0.278 e. The van der Waals surface area contributed by atoms with Crippen molar-refractivity contribution in [3.8, 4) is 11.8 Å². The van der Waals surface area contributed by atoms with E-state index in [1.807, 2.05) is 0 Å². The van der Waals surface area contributed by atoms with Gasteiger partial charge in [-0.2, -0.15) is 0 Å². The maximum atomic E-state index is 12.8. The van der Waals surface area contributed by atoms with Crippen LogP contribution in [0.1, 0.15) is 30.3 Å². The monoisotopic (exact) mass is 364 g/mol. The topological polar surface area (TPSA) is 105 Å². The molecule has 0 unspecified atom stereocenters. The van der Waals surface area contributed by atoms with Gasteiger partial charge in [0.1, 0.15) is 0 Å². The Morgan fingerprint density at radius 1 is 1.15 bits per heavy atom. The van der Waals surface area contributed by atoms with Crippen molar-refractivity contribution >= 4 is 11.8 Å². The van der Waals surface area contributed by atoms with Gasteiger partial charge in [-0.25, -0.2) is 9.97 Å². The molecule has 3 heterocycles. The number of rotatable bonds is 3. The highest BCUT2D eigenvalue weighted by Gasteiger charge is 2.46. The lowest BCUT2D eigenvalue weighted by atomic mass is 9.75. The van der Waals surface area contributed by atoms with E-state index >= 15 is 0 Å². The van der Waals surface area contributed by atoms with Gasteiger partial charge in [-0.1, -0.05) is 0 Å². The Morgan fingerprint density at radius 2 is 1.77 bits per heavy atom. The molecule has 9 nitrogen and oxygen atoms in total. The Balaban J connectivity index is 1.76. The first-order valence-corrected chi connectivity index (χ1v) is 8.60. The average Bonchev–Trinajstić information content (AvgIpc) is 2.65. The van der Waals surface area contributed by atoms with E-state index in [0.717, 1.165) is 0 Å². The lowest BCUT2D eigenvalue weighted by Crippen LogP contribution is -2.61. The zero-order valence-corrected chi connectivity index (χ0v) is 15.3. The van der Waals surface area contributed by atoms with Gasteiger partial charge < -0.3 is 24.4 Å². The van der Waals surface area contributed by atoms with Crippen LogP contribution in [0.15, 0.2) is 6.20 Å². The van der Waals surface area contributed by atoms with Crippen LogP contribution in [0, 0.1) is 5.92 Å². The Hall–Kier alpha value is -2.42. The second kappa shape index (κ2) is 7.06. The van der Waals surface area contributed by atoms with Gasteiger partial charge in [-0.3, -0.25) is 9.59 Å². The molecule has 2 saturated heterocycles. The van der Waals surface area contributed by atoms with E-state index in [9.17, 15) is 14.7 Å². The molecule has 0 saturated carbocycles. The molecule has 2 amide bonds. The molecule has 0 bridgehead atoms. The van der Waals surface area contributed by atoms with Crippen LogP contribution in [0.5, 0.6) is 11.8 Å². The number of carbonyl (C=O) groups is 2. The molecule has 0 aromatic carbocycles. The Morgan fingerprint density at radius 3 is 2.38 bits per heavy atom. The summed E-state index contributed by atoms with van der Waals surface area (Å²) in [6, 6.07) is 0. The zero-order valence-electron chi connectivity index (χ0n) is 15.3. The number of piperidine rings is 2. The third kappa shape index (κ3) is 3.31. The Labute approximate surface area is 151 Å². The van der Waals surface area contributed by atoms with Gasteiger partial charge in [-0.15, -0.1) is 0 Å². The van der Waals surface area contributed by atoms with Gasteiger partial charge in [-0.05, 0) is 12.8 Å². The van der Waals surface area contributed by atoms with Crippen LogP contribution in [-0.2, 0) is 4.79 Å². The fourth-order valence-corrected chi connectivity index (χ4v) is 3.67. The number of likely N-dealkylation sites (tertiary alicyclic amines) is 2. The van der Waals surface area contributed by atoms with Crippen molar-refractivity contribution in [1.29, 1.82) is 0 Å². The maximum Gasteiger partial charge on any atom is 0.278 e. The number of carbonyl (C=O) groups excluding carboxylic acids is 2. The lowest BCUT2D eigenvalue weighted by Gasteiger charge is -2.50. The Bertz CT molecular complexity index is 712. The van der Waals surface area contributed by atoms with Crippen molar-refractivity contribution in [2.45, 2.75) is 25.4 Å². The number of nitrogens with zero attached hydrogens (tertiary/aromatic N) is 4. The minimum Gasteiger partial charge on any atom is -0.477 e. The molecule has 2 fully saturated rings. The minimum atomic E-state index is -0.827. The average molecular weight is 364 g/mol. The second-order valence-electron chi connectivity index (χ2n) is 6.79. The first-order chi connectivity index (χ1) is 12.4. The van der Waals surface area contributed by atoms with E-state index in [0.29, 0.717) is 39.0 Å². The number of fused-ring (bicyclic) bond motifs is 1. The summed E-state index contributed by atoms with van der Waals surface area (Å²) in [5.41, 5.74) is -0.668. The van der Waals surface area contributed by atoms with Gasteiger partial charge in [0.05, 0.1) is 26.0 Å². The zero-order chi connectivity index (χ0) is 18.9. The van der Waals surface area contributed by atoms with Crippen LogP contribution in [0.4, 0.5) is 0 Å². The summed E-state index contributed by atoms with van der Waals surface area (Å²) in [6.07, 6.45) is 2.37. The van der Waals surface area contributed by atoms with Gasteiger partial charge in [0.25, 0.3) is 17.7 Å². The molecule has 0 aliphatic carbocycles. The molecule has 2 aliphatic heterocycles. The van der Waals surface area contributed by atoms with Crippen LogP contribution >= 0.6 is 0 Å². The number of aromatic nitrogens is 2. The van der Waals surface area contributed by atoms with Crippen LogP contribution in [0.3, 0.4) is 0 Å². The lowest BCUT2D eigenvalue weighted by molar-refractivity contribution is -0.143. The third-order valence-electron chi connectivity index (χ3n) is 5.32. The first-order valence-electron chi connectivity index (χ1n) is 8.60. The number of hydrogen-bond acceptors (Lipinski definition) is 7. The molecule has 0 radical (unpaired) electrons.